The van der Waals surface area contributed by atoms with Crippen molar-refractivity contribution in [3.63, 3.8) is 0 Å². The van der Waals surface area contributed by atoms with Crippen molar-refractivity contribution in [2.75, 3.05) is 6.54 Å². The third-order valence-electron chi connectivity index (χ3n) is 4.14. The minimum atomic E-state index is -4.21. The third-order valence-corrected chi connectivity index (χ3v) is 4.58. The monoisotopic (exact) mass is 367 g/mol. The van der Waals surface area contributed by atoms with Gasteiger partial charge in [0.05, 0.1) is 5.92 Å². The average molecular weight is 368 g/mol. The molecule has 1 N–H and O–H groups in total. The van der Waals surface area contributed by atoms with Crippen molar-refractivity contribution in [1.29, 1.82) is 0 Å². The Balaban J connectivity index is 1.82. The fourth-order valence-electron chi connectivity index (χ4n) is 2.95. The van der Waals surface area contributed by atoms with Crippen molar-refractivity contribution < 1.29 is 18.0 Å². The second-order valence-corrected chi connectivity index (χ2v) is 6.79. The van der Waals surface area contributed by atoms with E-state index in [9.17, 15) is 18.0 Å². The van der Waals surface area contributed by atoms with Crippen LogP contribution in [0.15, 0.2) is 18.2 Å². The van der Waals surface area contributed by atoms with Crippen molar-refractivity contribution in [2.24, 2.45) is 11.8 Å². The summed E-state index contributed by atoms with van der Waals surface area (Å²) in [5.74, 6) is -2.22. The highest BCUT2D eigenvalue weighted by Gasteiger charge is 2.43. The summed E-state index contributed by atoms with van der Waals surface area (Å²) in [7, 11) is 0. The third kappa shape index (κ3) is 5.57. The number of amides is 1. The Kier molecular flexibility index (Phi) is 6.20. The first kappa shape index (κ1) is 18.4. The zero-order valence-corrected chi connectivity index (χ0v) is 13.9. The van der Waals surface area contributed by atoms with E-state index in [4.69, 9.17) is 23.2 Å². The van der Waals surface area contributed by atoms with Gasteiger partial charge in [-0.25, -0.2) is 0 Å². The summed E-state index contributed by atoms with van der Waals surface area (Å²) in [6.45, 7) is 0.350. The average Bonchev–Trinajstić information content (AvgIpc) is 2.45. The molecule has 1 aromatic rings. The molecule has 2 nitrogen and oxygen atoms in total. The van der Waals surface area contributed by atoms with Gasteiger partial charge < -0.3 is 5.32 Å². The fourth-order valence-corrected chi connectivity index (χ4v) is 3.53. The Hall–Kier alpha value is -0.940. The van der Waals surface area contributed by atoms with Crippen molar-refractivity contribution in [3.8, 4) is 0 Å². The van der Waals surface area contributed by atoms with Gasteiger partial charge >= 0.3 is 6.18 Å². The number of carbonyl (C=O) groups is 1. The lowest BCUT2D eigenvalue weighted by atomic mass is 9.80. The van der Waals surface area contributed by atoms with E-state index in [0.29, 0.717) is 35.9 Å². The SMILES string of the molecule is O=C(NCCc1cc(Cl)cc(Cl)c1)C1CCCC(C(F)(F)F)C1. The molecule has 0 spiro atoms. The van der Waals surface area contributed by atoms with Gasteiger partial charge in [-0.3, -0.25) is 4.79 Å². The van der Waals surface area contributed by atoms with Crippen LogP contribution in [-0.4, -0.2) is 18.6 Å². The van der Waals surface area contributed by atoms with Gasteiger partial charge in [0.2, 0.25) is 5.91 Å². The van der Waals surface area contributed by atoms with Crippen LogP contribution in [0.4, 0.5) is 13.2 Å². The lowest BCUT2D eigenvalue weighted by molar-refractivity contribution is -0.186. The predicted molar refractivity (Wildman–Crippen MR) is 84.7 cm³/mol. The Bertz CT molecular complexity index is 542. The van der Waals surface area contributed by atoms with Gasteiger partial charge in [-0.05, 0) is 49.4 Å². The number of rotatable bonds is 4. The van der Waals surface area contributed by atoms with Gasteiger partial charge in [0.25, 0.3) is 0 Å². The molecule has 7 heteroatoms. The van der Waals surface area contributed by atoms with Crippen molar-refractivity contribution in [3.05, 3.63) is 33.8 Å². The zero-order valence-electron chi connectivity index (χ0n) is 12.4. The van der Waals surface area contributed by atoms with Crippen molar-refractivity contribution >= 4 is 29.1 Å². The quantitative estimate of drug-likeness (QED) is 0.794. The molecule has 0 heterocycles. The highest BCUT2D eigenvalue weighted by atomic mass is 35.5. The highest BCUT2D eigenvalue weighted by molar-refractivity contribution is 6.34. The Morgan fingerprint density at radius 3 is 2.43 bits per heavy atom. The molecular weight excluding hydrogens is 350 g/mol. The van der Waals surface area contributed by atoms with E-state index in [2.05, 4.69) is 5.32 Å². The van der Waals surface area contributed by atoms with Crippen LogP contribution in [0.3, 0.4) is 0 Å². The van der Waals surface area contributed by atoms with E-state index in [0.717, 1.165) is 5.56 Å². The summed E-state index contributed by atoms with van der Waals surface area (Å²) in [4.78, 5) is 12.1. The maximum absolute atomic E-state index is 12.8. The molecule has 1 amide bonds. The molecular formula is C16H18Cl2F3NO. The van der Waals surface area contributed by atoms with Gasteiger partial charge in [0, 0.05) is 22.5 Å². The van der Waals surface area contributed by atoms with E-state index in [1.54, 1.807) is 18.2 Å². The van der Waals surface area contributed by atoms with E-state index < -0.39 is 18.0 Å². The molecule has 2 unspecified atom stereocenters. The van der Waals surface area contributed by atoms with Gasteiger partial charge in [-0.1, -0.05) is 29.6 Å². The summed E-state index contributed by atoms with van der Waals surface area (Å²) in [6.07, 6.45) is -2.72. The van der Waals surface area contributed by atoms with E-state index in [1.165, 1.54) is 0 Å². The van der Waals surface area contributed by atoms with Crippen LogP contribution in [0.1, 0.15) is 31.2 Å². The number of hydrogen-bond donors (Lipinski definition) is 1. The summed E-state index contributed by atoms with van der Waals surface area (Å²) in [5.41, 5.74) is 0.875. The summed E-state index contributed by atoms with van der Waals surface area (Å²) in [6, 6.07) is 5.12. The molecule has 1 fully saturated rings. The first-order valence-electron chi connectivity index (χ1n) is 7.55. The maximum Gasteiger partial charge on any atom is 0.391 e. The lowest BCUT2D eigenvalue weighted by Crippen LogP contribution is -2.38. The van der Waals surface area contributed by atoms with Crippen LogP contribution in [0.5, 0.6) is 0 Å². The molecule has 1 aliphatic carbocycles. The van der Waals surface area contributed by atoms with Crippen LogP contribution in [0, 0.1) is 11.8 Å². The Labute approximate surface area is 143 Å². The van der Waals surface area contributed by atoms with Gasteiger partial charge in [0.1, 0.15) is 0 Å². The summed E-state index contributed by atoms with van der Waals surface area (Å²) < 4.78 is 38.3. The lowest BCUT2D eigenvalue weighted by Gasteiger charge is -2.29. The molecule has 0 saturated heterocycles. The van der Waals surface area contributed by atoms with E-state index in [1.807, 2.05) is 0 Å². The number of nitrogens with one attached hydrogen (secondary N) is 1. The molecule has 2 atom stereocenters. The molecule has 1 aliphatic rings. The van der Waals surface area contributed by atoms with Crippen LogP contribution < -0.4 is 5.32 Å². The molecule has 1 aromatic carbocycles. The van der Waals surface area contributed by atoms with E-state index in [-0.39, 0.29) is 18.7 Å². The number of hydrogen-bond acceptors (Lipinski definition) is 1. The van der Waals surface area contributed by atoms with Crippen LogP contribution in [0.2, 0.25) is 10.0 Å². The first-order valence-corrected chi connectivity index (χ1v) is 8.30. The minimum Gasteiger partial charge on any atom is -0.356 e. The second kappa shape index (κ2) is 7.75. The standard InChI is InChI=1S/C16H18Cl2F3NO/c17-13-6-10(7-14(18)9-13)4-5-22-15(23)11-2-1-3-12(8-11)16(19,20)21/h6-7,9,11-12H,1-5,8H2,(H,22,23). The van der Waals surface area contributed by atoms with Crippen LogP contribution in [0.25, 0.3) is 0 Å². The Morgan fingerprint density at radius 1 is 1.17 bits per heavy atom. The van der Waals surface area contributed by atoms with Gasteiger partial charge in [-0.15, -0.1) is 0 Å². The normalized spacial score (nSPS) is 22.0. The second-order valence-electron chi connectivity index (χ2n) is 5.92. The Morgan fingerprint density at radius 2 is 1.83 bits per heavy atom. The van der Waals surface area contributed by atoms with Gasteiger partial charge in [0.15, 0.2) is 0 Å². The zero-order chi connectivity index (χ0) is 17.0. The summed E-state index contributed by atoms with van der Waals surface area (Å²) in [5, 5.41) is 3.75. The summed E-state index contributed by atoms with van der Waals surface area (Å²) >= 11 is 11.8. The van der Waals surface area contributed by atoms with Crippen LogP contribution in [-0.2, 0) is 11.2 Å². The molecule has 23 heavy (non-hydrogen) atoms. The van der Waals surface area contributed by atoms with Gasteiger partial charge in [-0.2, -0.15) is 13.2 Å². The van der Waals surface area contributed by atoms with E-state index >= 15 is 0 Å². The van der Waals surface area contributed by atoms with Crippen LogP contribution >= 0.6 is 23.2 Å². The smallest absolute Gasteiger partial charge is 0.356 e. The molecule has 0 aliphatic heterocycles. The molecule has 1 saturated carbocycles. The topological polar surface area (TPSA) is 29.1 Å². The molecule has 2 rings (SSSR count). The highest BCUT2D eigenvalue weighted by Crippen LogP contribution is 2.39. The van der Waals surface area contributed by atoms with Crippen molar-refractivity contribution in [1.82, 2.24) is 5.32 Å². The number of benzene rings is 1. The number of halogens is 5. The number of alkyl halides is 3. The molecule has 0 bridgehead atoms. The largest absolute Gasteiger partial charge is 0.391 e. The molecule has 128 valence electrons. The minimum absolute atomic E-state index is 0.113. The maximum atomic E-state index is 12.8. The fraction of sp³-hybridized carbons (Fsp3) is 0.562. The molecule has 0 radical (unpaired) electrons. The predicted octanol–water partition coefficient (Wildman–Crippen LogP) is 5.02. The first-order chi connectivity index (χ1) is 10.8. The molecule has 0 aromatic heterocycles. The number of carbonyl (C=O) groups excluding carboxylic acids is 1. The van der Waals surface area contributed by atoms with Crippen molar-refractivity contribution in [2.45, 2.75) is 38.3 Å².